The first kappa shape index (κ1) is 18.3. The van der Waals surface area contributed by atoms with Gasteiger partial charge in [-0.2, -0.15) is 0 Å². The predicted molar refractivity (Wildman–Crippen MR) is 95.6 cm³/mol. The van der Waals surface area contributed by atoms with Crippen LogP contribution in [0.5, 0.6) is 5.75 Å². The van der Waals surface area contributed by atoms with E-state index in [9.17, 15) is 18.8 Å². The summed E-state index contributed by atoms with van der Waals surface area (Å²) in [5.74, 6) is -3.21. The summed E-state index contributed by atoms with van der Waals surface area (Å²) in [6.07, 6.45) is 0.854. The van der Waals surface area contributed by atoms with Gasteiger partial charge in [-0.3, -0.25) is 9.59 Å². The SMILES string of the molecule is COc1ccc2c(c1)c(C(=O)CC(=O)C(=O)O)cn2Cc1ccc(F)cc1. The summed E-state index contributed by atoms with van der Waals surface area (Å²) in [4.78, 5) is 34.7. The quantitative estimate of drug-likeness (QED) is 0.393. The Balaban J connectivity index is 2.04. The molecule has 0 saturated carbocycles. The Morgan fingerprint density at radius 1 is 1.11 bits per heavy atom. The number of fused-ring (bicyclic) bond motifs is 1. The highest BCUT2D eigenvalue weighted by Gasteiger charge is 2.22. The summed E-state index contributed by atoms with van der Waals surface area (Å²) in [5, 5.41) is 9.29. The summed E-state index contributed by atoms with van der Waals surface area (Å²) in [6, 6.07) is 11.1. The van der Waals surface area contributed by atoms with Crippen LogP contribution in [0, 0.1) is 5.82 Å². The first-order valence-corrected chi connectivity index (χ1v) is 8.09. The minimum Gasteiger partial charge on any atom is -0.497 e. The molecular weight excluding hydrogens is 353 g/mol. The second kappa shape index (κ2) is 7.41. The largest absolute Gasteiger partial charge is 0.497 e. The van der Waals surface area contributed by atoms with Crippen molar-refractivity contribution in [1.29, 1.82) is 0 Å². The highest BCUT2D eigenvalue weighted by molar-refractivity contribution is 6.37. The molecule has 3 aromatic rings. The monoisotopic (exact) mass is 369 g/mol. The fraction of sp³-hybridized carbons (Fsp3) is 0.150. The Hall–Kier alpha value is -3.48. The zero-order valence-corrected chi connectivity index (χ0v) is 14.4. The van der Waals surface area contributed by atoms with E-state index in [-0.39, 0.29) is 11.4 Å². The van der Waals surface area contributed by atoms with Crippen LogP contribution in [-0.4, -0.2) is 34.3 Å². The van der Waals surface area contributed by atoms with Crippen LogP contribution in [0.4, 0.5) is 4.39 Å². The molecule has 0 aliphatic rings. The number of aromatic nitrogens is 1. The van der Waals surface area contributed by atoms with E-state index < -0.39 is 24.0 Å². The van der Waals surface area contributed by atoms with Crippen LogP contribution < -0.4 is 4.74 Å². The number of methoxy groups -OCH3 is 1. The highest BCUT2D eigenvalue weighted by atomic mass is 19.1. The van der Waals surface area contributed by atoms with Gasteiger partial charge in [0, 0.05) is 29.2 Å². The Kier molecular flexibility index (Phi) is 5.03. The molecule has 0 radical (unpaired) electrons. The maximum Gasteiger partial charge on any atom is 0.372 e. The van der Waals surface area contributed by atoms with E-state index in [4.69, 9.17) is 9.84 Å². The minimum absolute atomic E-state index is 0.237. The fourth-order valence-electron chi connectivity index (χ4n) is 2.86. The number of carbonyl (C=O) groups excluding carboxylic acids is 2. The average Bonchev–Trinajstić information content (AvgIpc) is 3.01. The van der Waals surface area contributed by atoms with Crippen molar-refractivity contribution in [3.8, 4) is 5.75 Å². The molecule has 0 bridgehead atoms. The van der Waals surface area contributed by atoms with Crippen LogP contribution in [0.3, 0.4) is 0 Å². The summed E-state index contributed by atoms with van der Waals surface area (Å²) < 4.78 is 20.1. The molecule has 6 nitrogen and oxygen atoms in total. The number of carboxylic acids is 1. The van der Waals surface area contributed by atoms with Crippen LogP contribution in [-0.2, 0) is 16.1 Å². The molecule has 0 fully saturated rings. The molecule has 1 heterocycles. The van der Waals surface area contributed by atoms with E-state index in [1.165, 1.54) is 19.2 Å². The van der Waals surface area contributed by atoms with Gasteiger partial charge in [0.25, 0.3) is 0 Å². The molecule has 0 atom stereocenters. The zero-order chi connectivity index (χ0) is 19.6. The van der Waals surface area contributed by atoms with E-state index in [1.807, 2.05) is 0 Å². The number of hydrogen-bond acceptors (Lipinski definition) is 4. The van der Waals surface area contributed by atoms with Crippen molar-refractivity contribution in [2.75, 3.05) is 7.11 Å². The van der Waals surface area contributed by atoms with Crippen LogP contribution in [0.15, 0.2) is 48.7 Å². The van der Waals surface area contributed by atoms with Gasteiger partial charge in [-0.25, -0.2) is 9.18 Å². The number of halogens is 1. The van der Waals surface area contributed by atoms with Gasteiger partial charge >= 0.3 is 5.97 Å². The Morgan fingerprint density at radius 2 is 1.81 bits per heavy atom. The third-order valence-corrected chi connectivity index (χ3v) is 4.21. The van der Waals surface area contributed by atoms with Crippen molar-refractivity contribution >= 4 is 28.4 Å². The lowest BCUT2D eigenvalue weighted by Crippen LogP contribution is -2.17. The van der Waals surface area contributed by atoms with Gasteiger partial charge in [0.05, 0.1) is 13.5 Å². The lowest BCUT2D eigenvalue weighted by Gasteiger charge is -2.06. The third kappa shape index (κ3) is 3.87. The molecule has 0 spiro atoms. The molecular formula is C20H16FNO5. The zero-order valence-electron chi connectivity index (χ0n) is 14.4. The van der Waals surface area contributed by atoms with Crippen molar-refractivity contribution in [1.82, 2.24) is 4.57 Å². The van der Waals surface area contributed by atoms with E-state index >= 15 is 0 Å². The first-order valence-electron chi connectivity index (χ1n) is 8.09. The number of Topliss-reactive ketones (excluding diaryl/α,β-unsaturated/α-hetero) is 2. The van der Waals surface area contributed by atoms with Gasteiger partial charge in [-0.15, -0.1) is 0 Å². The Labute approximate surface area is 153 Å². The number of rotatable bonds is 7. The number of hydrogen-bond donors (Lipinski definition) is 1. The molecule has 0 aliphatic heterocycles. The summed E-state index contributed by atoms with van der Waals surface area (Å²) >= 11 is 0. The third-order valence-electron chi connectivity index (χ3n) is 4.21. The predicted octanol–water partition coefficient (Wildman–Crippen LogP) is 3.06. The van der Waals surface area contributed by atoms with Gasteiger partial charge < -0.3 is 14.4 Å². The lowest BCUT2D eigenvalue weighted by atomic mass is 10.0. The maximum atomic E-state index is 13.1. The normalized spacial score (nSPS) is 10.7. The first-order chi connectivity index (χ1) is 12.9. The van der Waals surface area contributed by atoms with Crippen LogP contribution in [0.25, 0.3) is 10.9 Å². The summed E-state index contributed by atoms with van der Waals surface area (Å²) in [6.45, 7) is 0.378. The van der Waals surface area contributed by atoms with Crippen molar-refractivity contribution in [3.63, 3.8) is 0 Å². The van der Waals surface area contributed by atoms with Crippen molar-refractivity contribution in [3.05, 3.63) is 65.6 Å². The Morgan fingerprint density at radius 3 is 2.44 bits per heavy atom. The smallest absolute Gasteiger partial charge is 0.372 e. The Bertz CT molecular complexity index is 1040. The van der Waals surface area contributed by atoms with Gasteiger partial charge in [0.2, 0.25) is 5.78 Å². The van der Waals surface area contributed by atoms with Crippen molar-refractivity contribution in [2.24, 2.45) is 0 Å². The topological polar surface area (TPSA) is 85.6 Å². The minimum atomic E-state index is -1.64. The van der Waals surface area contributed by atoms with Gasteiger partial charge in [0.15, 0.2) is 5.78 Å². The van der Waals surface area contributed by atoms with E-state index in [0.717, 1.165) is 5.56 Å². The molecule has 27 heavy (non-hydrogen) atoms. The van der Waals surface area contributed by atoms with Gasteiger partial charge in [-0.1, -0.05) is 12.1 Å². The van der Waals surface area contributed by atoms with Crippen LogP contribution >= 0.6 is 0 Å². The number of benzene rings is 2. The van der Waals surface area contributed by atoms with Crippen molar-refractivity contribution in [2.45, 2.75) is 13.0 Å². The summed E-state index contributed by atoms with van der Waals surface area (Å²) in [5.41, 5.74) is 1.77. The molecule has 138 valence electrons. The molecule has 2 aromatic carbocycles. The van der Waals surface area contributed by atoms with Crippen molar-refractivity contribution < 1.29 is 28.6 Å². The van der Waals surface area contributed by atoms with Gasteiger partial charge in [-0.05, 0) is 35.9 Å². The number of carbonyl (C=O) groups is 3. The van der Waals surface area contributed by atoms with Crippen LogP contribution in [0.1, 0.15) is 22.3 Å². The number of aliphatic carboxylic acids is 1. The number of nitrogens with zero attached hydrogens (tertiary/aromatic N) is 1. The molecule has 1 N–H and O–H groups in total. The van der Waals surface area contributed by atoms with E-state index in [0.29, 0.717) is 23.2 Å². The number of carboxylic acid groups (broad SMARTS) is 1. The molecule has 0 amide bonds. The molecule has 0 aliphatic carbocycles. The second-order valence-corrected chi connectivity index (χ2v) is 6.01. The van der Waals surface area contributed by atoms with E-state index in [1.54, 1.807) is 41.1 Å². The number of ketones is 2. The molecule has 7 heteroatoms. The second-order valence-electron chi connectivity index (χ2n) is 6.01. The highest BCUT2D eigenvalue weighted by Crippen LogP contribution is 2.28. The fourth-order valence-corrected chi connectivity index (χ4v) is 2.86. The van der Waals surface area contributed by atoms with Gasteiger partial charge in [0.1, 0.15) is 11.6 Å². The average molecular weight is 369 g/mol. The van der Waals surface area contributed by atoms with Crippen LogP contribution in [0.2, 0.25) is 0 Å². The number of ether oxygens (including phenoxy) is 1. The summed E-state index contributed by atoms with van der Waals surface area (Å²) in [7, 11) is 1.49. The standard InChI is InChI=1S/C20H16FNO5/c1-27-14-6-7-17-15(8-14)16(18(23)9-19(24)20(25)26)11-22(17)10-12-2-4-13(21)5-3-12/h2-8,11H,9-10H2,1H3,(H,25,26). The lowest BCUT2D eigenvalue weighted by molar-refractivity contribution is -0.148. The molecule has 0 unspecified atom stereocenters. The molecule has 3 rings (SSSR count). The molecule has 1 aromatic heterocycles. The maximum absolute atomic E-state index is 13.1. The van der Waals surface area contributed by atoms with E-state index in [2.05, 4.69) is 0 Å². The molecule has 0 saturated heterocycles.